The minimum atomic E-state index is -3.80. The van der Waals surface area contributed by atoms with Crippen LogP contribution in [0.3, 0.4) is 0 Å². The SMILES string of the molecule is COc1ccc(N=Cc2ccc(CN(Cc3ccccc3)S(=O)(=O)c3ccc(Cl)cc3)o2)cc1. The van der Waals surface area contributed by atoms with Crippen LogP contribution in [0.2, 0.25) is 5.02 Å². The van der Waals surface area contributed by atoms with Gasteiger partial charge in [-0.1, -0.05) is 41.9 Å². The van der Waals surface area contributed by atoms with Crippen LogP contribution in [0.5, 0.6) is 5.75 Å². The van der Waals surface area contributed by atoms with E-state index in [1.54, 1.807) is 37.6 Å². The molecule has 0 N–H and O–H groups in total. The second-order valence-corrected chi connectivity index (χ2v) is 9.85. The largest absolute Gasteiger partial charge is 0.497 e. The molecule has 0 unspecified atom stereocenters. The van der Waals surface area contributed by atoms with Crippen molar-refractivity contribution in [2.75, 3.05) is 7.11 Å². The highest BCUT2D eigenvalue weighted by atomic mass is 35.5. The second kappa shape index (κ2) is 10.7. The summed E-state index contributed by atoms with van der Waals surface area (Å²) in [5.74, 6) is 1.78. The van der Waals surface area contributed by atoms with E-state index in [0.717, 1.165) is 17.0 Å². The minimum Gasteiger partial charge on any atom is -0.497 e. The van der Waals surface area contributed by atoms with E-state index in [1.165, 1.54) is 16.4 Å². The Morgan fingerprint density at radius 2 is 1.62 bits per heavy atom. The third-order valence-corrected chi connectivity index (χ3v) is 7.14. The maximum Gasteiger partial charge on any atom is 0.243 e. The third kappa shape index (κ3) is 5.94. The highest BCUT2D eigenvalue weighted by Crippen LogP contribution is 2.24. The van der Waals surface area contributed by atoms with Gasteiger partial charge in [0.15, 0.2) is 0 Å². The van der Waals surface area contributed by atoms with Gasteiger partial charge >= 0.3 is 0 Å². The molecule has 0 saturated heterocycles. The molecule has 6 nitrogen and oxygen atoms in total. The van der Waals surface area contributed by atoms with Crippen molar-refractivity contribution in [1.82, 2.24) is 4.31 Å². The van der Waals surface area contributed by atoms with Gasteiger partial charge in [-0.15, -0.1) is 0 Å². The molecule has 0 aliphatic carbocycles. The first-order valence-corrected chi connectivity index (χ1v) is 12.3. The second-order valence-electron chi connectivity index (χ2n) is 7.47. The van der Waals surface area contributed by atoms with E-state index in [-0.39, 0.29) is 18.0 Å². The molecule has 4 aromatic rings. The van der Waals surface area contributed by atoms with Crippen molar-refractivity contribution in [2.45, 2.75) is 18.0 Å². The van der Waals surface area contributed by atoms with Gasteiger partial charge in [-0.25, -0.2) is 8.42 Å². The van der Waals surface area contributed by atoms with E-state index in [1.807, 2.05) is 54.6 Å². The van der Waals surface area contributed by atoms with Gasteiger partial charge in [0.05, 0.1) is 30.5 Å². The van der Waals surface area contributed by atoms with Gasteiger partial charge in [-0.05, 0) is 66.2 Å². The maximum atomic E-state index is 13.4. The summed E-state index contributed by atoms with van der Waals surface area (Å²) in [6.45, 7) is 0.262. The fourth-order valence-corrected chi connectivity index (χ4v) is 4.82. The number of ether oxygens (including phenoxy) is 1. The number of furan rings is 1. The lowest BCUT2D eigenvalue weighted by atomic mass is 10.2. The highest BCUT2D eigenvalue weighted by Gasteiger charge is 2.26. The summed E-state index contributed by atoms with van der Waals surface area (Å²) in [5.41, 5.74) is 1.61. The maximum absolute atomic E-state index is 13.4. The van der Waals surface area contributed by atoms with Crippen LogP contribution in [0.25, 0.3) is 0 Å². The number of sulfonamides is 1. The lowest BCUT2D eigenvalue weighted by Gasteiger charge is -2.21. The van der Waals surface area contributed by atoms with Crippen LogP contribution in [-0.4, -0.2) is 26.0 Å². The van der Waals surface area contributed by atoms with Crippen LogP contribution >= 0.6 is 11.6 Å². The molecule has 8 heteroatoms. The fraction of sp³-hybridized carbons (Fsp3) is 0.115. The summed E-state index contributed by atoms with van der Waals surface area (Å²) in [5, 5.41) is 0.473. The standard InChI is InChI=1S/C26H23ClN2O4S/c1-32-23-11-9-22(10-12-23)28-17-24-13-14-25(33-24)19-29(18-20-5-3-2-4-6-20)34(30,31)26-15-7-21(27)8-16-26/h2-17H,18-19H2,1H3. The summed E-state index contributed by atoms with van der Waals surface area (Å²) in [6.07, 6.45) is 1.60. The zero-order valence-electron chi connectivity index (χ0n) is 18.5. The number of nitrogens with zero attached hydrogens (tertiary/aromatic N) is 2. The molecular formula is C26H23ClN2O4S. The van der Waals surface area contributed by atoms with Gasteiger partial charge < -0.3 is 9.15 Å². The summed E-state index contributed by atoms with van der Waals surface area (Å²) >= 11 is 5.95. The van der Waals surface area contributed by atoms with Gasteiger partial charge in [0.25, 0.3) is 0 Å². The predicted octanol–water partition coefficient (Wildman–Crippen LogP) is 6.08. The molecule has 0 radical (unpaired) electrons. The molecule has 3 aromatic carbocycles. The molecule has 174 valence electrons. The lowest BCUT2D eigenvalue weighted by molar-refractivity contribution is 0.357. The number of halogens is 1. The Morgan fingerprint density at radius 1 is 0.912 bits per heavy atom. The molecule has 0 amide bonds. The molecule has 1 aromatic heterocycles. The van der Waals surface area contributed by atoms with Crippen LogP contribution in [0.4, 0.5) is 5.69 Å². The van der Waals surface area contributed by atoms with Crippen LogP contribution in [0, 0.1) is 0 Å². The van der Waals surface area contributed by atoms with Gasteiger partial charge in [-0.3, -0.25) is 4.99 Å². The molecule has 0 aliphatic heterocycles. The third-order valence-electron chi connectivity index (χ3n) is 5.08. The molecule has 0 bridgehead atoms. The normalized spacial score (nSPS) is 11.9. The molecule has 4 rings (SSSR count). The van der Waals surface area contributed by atoms with Crippen molar-refractivity contribution < 1.29 is 17.6 Å². The van der Waals surface area contributed by atoms with E-state index in [4.69, 9.17) is 20.8 Å². The smallest absolute Gasteiger partial charge is 0.243 e. The monoisotopic (exact) mass is 494 g/mol. The van der Waals surface area contributed by atoms with Gasteiger partial charge in [0.1, 0.15) is 17.3 Å². The molecule has 0 atom stereocenters. The van der Waals surface area contributed by atoms with E-state index < -0.39 is 10.0 Å². The Labute approximate surface area is 204 Å². The van der Waals surface area contributed by atoms with E-state index in [0.29, 0.717) is 16.5 Å². The molecule has 1 heterocycles. The average Bonchev–Trinajstić information content (AvgIpc) is 3.31. The fourth-order valence-electron chi connectivity index (χ4n) is 3.30. The minimum absolute atomic E-state index is 0.0657. The van der Waals surface area contributed by atoms with Crippen molar-refractivity contribution >= 4 is 33.5 Å². The van der Waals surface area contributed by atoms with Gasteiger partial charge in [0.2, 0.25) is 10.0 Å². The van der Waals surface area contributed by atoms with E-state index in [2.05, 4.69) is 4.99 Å². The Bertz CT molecular complexity index is 1350. The van der Waals surface area contributed by atoms with Gasteiger partial charge in [-0.2, -0.15) is 4.31 Å². The lowest BCUT2D eigenvalue weighted by Crippen LogP contribution is -2.30. The first-order valence-electron chi connectivity index (χ1n) is 10.5. The van der Waals surface area contributed by atoms with E-state index in [9.17, 15) is 8.42 Å². The van der Waals surface area contributed by atoms with Crippen molar-refractivity contribution in [2.24, 2.45) is 4.99 Å². The quantitative estimate of drug-likeness (QED) is 0.264. The van der Waals surface area contributed by atoms with Crippen LogP contribution < -0.4 is 4.74 Å². The zero-order valence-corrected chi connectivity index (χ0v) is 20.0. The van der Waals surface area contributed by atoms with Crippen LogP contribution in [0.1, 0.15) is 17.1 Å². The number of methoxy groups -OCH3 is 1. The number of benzene rings is 3. The van der Waals surface area contributed by atoms with Crippen molar-refractivity contribution in [3.63, 3.8) is 0 Å². The molecule has 0 spiro atoms. The molecule has 0 saturated carbocycles. The highest BCUT2D eigenvalue weighted by molar-refractivity contribution is 7.89. The van der Waals surface area contributed by atoms with Gasteiger partial charge in [0, 0.05) is 11.6 Å². The van der Waals surface area contributed by atoms with Crippen LogP contribution in [0.15, 0.2) is 105 Å². The van der Waals surface area contributed by atoms with Crippen molar-refractivity contribution in [3.05, 3.63) is 113 Å². The Kier molecular flexibility index (Phi) is 7.47. The van der Waals surface area contributed by atoms with Crippen molar-refractivity contribution in [1.29, 1.82) is 0 Å². The summed E-state index contributed by atoms with van der Waals surface area (Å²) in [6, 6.07) is 26.4. The molecular weight excluding hydrogens is 472 g/mol. The number of hydrogen-bond donors (Lipinski definition) is 0. The Balaban J connectivity index is 1.56. The zero-order chi connectivity index (χ0) is 24.0. The first kappa shape index (κ1) is 23.8. The summed E-state index contributed by atoms with van der Waals surface area (Å²) in [4.78, 5) is 4.57. The molecule has 0 fully saturated rings. The average molecular weight is 495 g/mol. The number of hydrogen-bond acceptors (Lipinski definition) is 5. The van der Waals surface area contributed by atoms with Crippen LogP contribution in [-0.2, 0) is 23.1 Å². The Hall–Kier alpha value is -3.39. The molecule has 0 aliphatic rings. The molecule has 34 heavy (non-hydrogen) atoms. The van der Waals surface area contributed by atoms with Crippen molar-refractivity contribution in [3.8, 4) is 5.75 Å². The summed E-state index contributed by atoms with van der Waals surface area (Å²) in [7, 11) is -2.19. The van der Waals surface area contributed by atoms with E-state index >= 15 is 0 Å². The number of aliphatic imine (C=N–C) groups is 1. The predicted molar refractivity (Wildman–Crippen MR) is 133 cm³/mol. The Morgan fingerprint density at radius 3 is 2.29 bits per heavy atom. The first-order chi connectivity index (χ1) is 16.4. The summed E-state index contributed by atoms with van der Waals surface area (Å²) < 4.78 is 39.3. The topological polar surface area (TPSA) is 72.1 Å². The number of rotatable bonds is 9.